The first-order valence-corrected chi connectivity index (χ1v) is 10.6. The van der Waals surface area contributed by atoms with Gasteiger partial charge in [0.2, 0.25) is 10.0 Å². The molecular formula is C18H19BrN4O2S. The van der Waals surface area contributed by atoms with Crippen LogP contribution in [0.25, 0.3) is 0 Å². The molecule has 1 aromatic heterocycles. The van der Waals surface area contributed by atoms with E-state index in [4.69, 9.17) is 0 Å². The molecule has 0 radical (unpaired) electrons. The maximum Gasteiger partial charge on any atom is 0.240 e. The lowest BCUT2D eigenvalue weighted by molar-refractivity contribution is 0.400. The van der Waals surface area contributed by atoms with E-state index in [0.29, 0.717) is 17.9 Å². The van der Waals surface area contributed by atoms with Crippen LogP contribution in [0.15, 0.2) is 52.0 Å². The molecule has 1 aromatic carbocycles. The van der Waals surface area contributed by atoms with E-state index in [2.05, 4.69) is 36.6 Å². The van der Waals surface area contributed by atoms with Gasteiger partial charge in [-0.3, -0.25) is 0 Å². The van der Waals surface area contributed by atoms with Gasteiger partial charge in [-0.2, -0.15) is 5.26 Å². The molecule has 1 aliphatic heterocycles. The maximum absolute atomic E-state index is 12.4. The number of nitriles is 1. The Hall–Kier alpha value is -1.95. The fraction of sp³-hybridized carbons (Fsp3) is 0.333. The Kier molecular flexibility index (Phi) is 5.91. The lowest BCUT2D eigenvalue weighted by Gasteiger charge is -2.33. The van der Waals surface area contributed by atoms with E-state index in [-0.39, 0.29) is 10.8 Å². The van der Waals surface area contributed by atoms with Gasteiger partial charge in [0.15, 0.2) is 0 Å². The molecule has 1 aliphatic rings. The first-order chi connectivity index (χ1) is 12.5. The zero-order valence-corrected chi connectivity index (χ0v) is 16.5. The van der Waals surface area contributed by atoms with Crippen LogP contribution in [0.2, 0.25) is 0 Å². The second kappa shape index (κ2) is 8.16. The van der Waals surface area contributed by atoms with E-state index in [0.717, 1.165) is 30.4 Å². The highest BCUT2D eigenvalue weighted by molar-refractivity contribution is 9.10. The molecule has 26 heavy (non-hydrogen) atoms. The third-order valence-electron chi connectivity index (χ3n) is 4.51. The third-order valence-corrected chi connectivity index (χ3v) is 6.48. The number of rotatable bonds is 5. The number of aromatic nitrogens is 1. The molecule has 0 saturated carbocycles. The standard InChI is InChI=1S/C18H19BrN4O2S/c19-16-3-5-17(6-4-16)26(24,25)22-13-14-7-10-23(11-8-14)18-15(12-20)2-1-9-21-18/h1-6,9,14,22H,7-8,10-11,13H2. The normalized spacial score (nSPS) is 15.6. The van der Waals surface area contributed by atoms with E-state index in [1.807, 2.05) is 0 Å². The summed E-state index contributed by atoms with van der Waals surface area (Å²) in [6.45, 7) is 1.94. The largest absolute Gasteiger partial charge is 0.356 e. The number of nitrogens with zero attached hydrogens (tertiary/aromatic N) is 3. The Labute approximate surface area is 162 Å². The minimum absolute atomic E-state index is 0.269. The number of benzene rings is 1. The molecule has 0 bridgehead atoms. The van der Waals surface area contributed by atoms with E-state index in [1.165, 1.54) is 0 Å². The van der Waals surface area contributed by atoms with Crippen molar-refractivity contribution in [1.82, 2.24) is 9.71 Å². The molecule has 8 heteroatoms. The molecule has 2 heterocycles. The molecule has 0 unspecified atom stereocenters. The highest BCUT2D eigenvalue weighted by Gasteiger charge is 2.23. The van der Waals surface area contributed by atoms with Crippen LogP contribution in [-0.2, 0) is 10.0 Å². The summed E-state index contributed by atoms with van der Waals surface area (Å²) in [5.41, 5.74) is 0.571. The van der Waals surface area contributed by atoms with Crippen molar-refractivity contribution < 1.29 is 8.42 Å². The molecule has 0 atom stereocenters. The number of piperidine rings is 1. The predicted octanol–water partition coefficient (Wildman–Crippen LogP) is 2.91. The van der Waals surface area contributed by atoms with Crippen molar-refractivity contribution in [2.24, 2.45) is 5.92 Å². The highest BCUT2D eigenvalue weighted by Crippen LogP contribution is 2.24. The van der Waals surface area contributed by atoms with Crippen LogP contribution >= 0.6 is 15.9 Å². The fourth-order valence-electron chi connectivity index (χ4n) is 3.01. The van der Waals surface area contributed by atoms with Gasteiger partial charge in [-0.1, -0.05) is 15.9 Å². The van der Waals surface area contributed by atoms with Crippen LogP contribution in [-0.4, -0.2) is 33.0 Å². The van der Waals surface area contributed by atoms with Crippen LogP contribution < -0.4 is 9.62 Å². The van der Waals surface area contributed by atoms with Crippen molar-refractivity contribution in [2.75, 3.05) is 24.5 Å². The minimum atomic E-state index is -3.49. The Morgan fingerprint density at radius 2 is 1.92 bits per heavy atom. The molecule has 1 fully saturated rings. The second-order valence-electron chi connectivity index (χ2n) is 6.22. The van der Waals surface area contributed by atoms with Crippen LogP contribution in [0.3, 0.4) is 0 Å². The number of anilines is 1. The lowest BCUT2D eigenvalue weighted by atomic mass is 9.97. The van der Waals surface area contributed by atoms with Crippen molar-refractivity contribution in [3.8, 4) is 6.07 Å². The Bertz CT molecular complexity index is 902. The highest BCUT2D eigenvalue weighted by atomic mass is 79.9. The van der Waals surface area contributed by atoms with E-state index < -0.39 is 10.0 Å². The Morgan fingerprint density at radius 1 is 1.23 bits per heavy atom. The van der Waals surface area contributed by atoms with Crippen molar-refractivity contribution in [3.05, 3.63) is 52.6 Å². The van der Waals surface area contributed by atoms with Crippen molar-refractivity contribution in [3.63, 3.8) is 0 Å². The van der Waals surface area contributed by atoms with E-state index >= 15 is 0 Å². The van der Waals surface area contributed by atoms with Gasteiger partial charge in [-0.15, -0.1) is 0 Å². The predicted molar refractivity (Wildman–Crippen MR) is 103 cm³/mol. The van der Waals surface area contributed by atoms with Crippen LogP contribution in [0, 0.1) is 17.2 Å². The van der Waals surface area contributed by atoms with Gasteiger partial charge in [0.05, 0.1) is 10.5 Å². The molecule has 1 saturated heterocycles. The number of sulfonamides is 1. The molecule has 0 aliphatic carbocycles. The summed E-state index contributed by atoms with van der Waals surface area (Å²) >= 11 is 3.30. The topological polar surface area (TPSA) is 86.1 Å². The van der Waals surface area contributed by atoms with E-state index in [9.17, 15) is 13.7 Å². The number of halogens is 1. The first kappa shape index (κ1) is 18.8. The lowest BCUT2D eigenvalue weighted by Crippen LogP contribution is -2.39. The summed E-state index contributed by atoms with van der Waals surface area (Å²) in [6, 6.07) is 12.3. The average molecular weight is 435 g/mol. The molecule has 6 nitrogen and oxygen atoms in total. The van der Waals surface area contributed by atoms with Crippen molar-refractivity contribution in [1.29, 1.82) is 5.26 Å². The summed E-state index contributed by atoms with van der Waals surface area (Å²) in [4.78, 5) is 6.68. The number of hydrogen-bond acceptors (Lipinski definition) is 5. The van der Waals surface area contributed by atoms with Gasteiger partial charge in [0.25, 0.3) is 0 Å². The van der Waals surface area contributed by atoms with Crippen LogP contribution in [0.4, 0.5) is 5.82 Å². The van der Waals surface area contributed by atoms with Gasteiger partial charge in [-0.25, -0.2) is 18.1 Å². The number of nitrogens with one attached hydrogen (secondary N) is 1. The summed E-state index contributed by atoms with van der Waals surface area (Å²) < 4.78 is 28.3. The monoisotopic (exact) mass is 434 g/mol. The smallest absolute Gasteiger partial charge is 0.240 e. The molecule has 1 N–H and O–H groups in total. The summed E-state index contributed by atoms with van der Waals surface area (Å²) in [5.74, 6) is 0.981. The molecule has 136 valence electrons. The van der Waals surface area contributed by atoms with Crippen LogP contribution in [0.1, 0.15) is 18.4 Å². The minimum Gasteiger partial charge on any atom is -0.356 e. The maximum atomic E-state index is 12.4. The summed E-state index contributed by atoms with van der Waals surface area (Å²) in [7, 11) is -3.49. The molecule has 0 amide bonds. The van der Waals surface area contributed by atoms with Gasteiger partial charge >= 0.3 is 0 Å². The molecule has 2 aromatic rings. The quantitative estimate of drug-likeness (QED) is 0.781. The molecular weight excluding hydrogens is 416 g/mol. The Morgan fingerprint density at radius 3 is 2.58 bits per heavy atom. The Balaban J connectivity index is 1.56. The summed E-state index contributed by atoms with van der Waals surface area (Å²) in [5, 5.41) is 9.20. The molecule has 3 rings (SSSR count). The van der Waals surface area contributed by atoms with Gasteiger partial charge in [0.1, 0.15) is 11.9 Å². The third kappa shape index (κ3) is 4.41. The van der Waals surface area contributed by atoms with Crippen molar-refractivity contribution in [2.45, 2.75) is 17.7 Å². The van der Waals surface area contributed by atoms with Crippen LogP contribution in [0.5, 0.6) is 0 Å². The van der Waals surface area contributed by atoms with Gasteiger partial charge < -0.3 is 4.90 Å². The SMILES string of the molecule is N#Cc1cccnc1N1CCC(CNS(=O)(=O)c2ccc(Br)cc2)CC1. The average Bonchev–Trinajstić information content (AvgIpc) is 2.67. The zero-order chi connectivity index (χ0) is 18.6. The zero-order valence-electron chi connectivity index (χ0n) is 14.1. The number of hydrogen-bond donors (Lipinski definition) is 1. The number of pyridine rings is 1. The fourth-order valence-corrected chi connectivity index (χ4v) is 4.39. The summed E-state index contributed by atoms with van der Waals surface area (Å²) in [6.07, 6.45) is 3.39. The second-order valence-corrected chi connectivity index (χ2v) is 8.91. The van der Waals surface area contributed by atoms with Crippen molar-refractivity contribution >= 4 is 31.8 Å². The van der Waals surface area contributed by atoms with Gasteiger partial charge in [0, 0.05) is 30.3 Å². The van der Waals surface area contributed by atoms with E-state index in [1.54, 1.807) is 42.6 Å². The molecule has 0 spiro atoms. The van der Waals surface area contributed by atoms with Gasteiger partial charge in [-0.05, 0) is 55.2 Å². The first-order valence-electron chi connectivity index (χ1n) is 8.35.